The number of hydrogen-bond acceptors (Lipinski definition) is 3. The summed E-state index contributed by atoms with van der Waals surface area (Å²) in [6.45, 7) is 0.373. The van der Waals surface area contributed by atoms with Gasteiger partial charge < -0.3 is 5.11 Å². The first-order valence-electron chi connectivity index (χ1n) is 6.93. The van der Waals surface area contributed by atoms with Crippen molar-refractivity contribution in [3.05, 3.63) is 28.8 Å². The average molecular weight is 316 g/mol. The van der Waals surface area contributed by atoms with E-state index in [1.165, 1.54) is 12.1 Å². The van der Waals surface area contributed by atoms with Gasteiger partial charge in [0, 0.05) is 17.6 Å². The van der Waals surface area contributed by atoms with Gasteiger partial charge in [0.15, 0.2) is 0 Å². The Morgan fingerprint density at radius 2 is 1.95 bits per heavy atom. The van der Waals surface area contributed by atoms with E-state index in [1.54, 1.807) is 10.4 Å². The van der Waals surface area contributed by atoms with E-state index in [0.717, 1.165) is 25.7 Å². The second-order valence-corrected chi connectivity index (χ2v) is 7.96. The van der Waals surface area contributed by atoms with Crippen LogP contribution in [0.2, 0.25) is 5.02 Å². The average Bonchev–Trinajstić information content (AvgIpc) is 3.28. The van der Waals surface area contributed by atoms with Gasteiger partial charge in [-0.3, -0.25) is 0 Å². The number of sulfonamides is 1. The molecular formula is C14H18ClNO3S. The molecule has 0 saturated heterocycles. The van der Waals surface area contributed by atoms with Crippen LogP contribution in [0.15, 0.2) is 23.1 Å². The predicted octanol–water partition coefficient (Wildman–Crippen LogP) is 2.40. The number of hydrogen-bond donors (Lipinski definition) is 1. The highest BCUT2D eigenvalue weighted by Crippen LogP contribution is 2.38. The molecule has 0 radical (unpaired) electrons. The van der Waals surface area contributed by atoms with Crippen molar-refractivity contribution in [2.45, 2.75) is 43.2 Å². The van der Waals surface area contributed by atoms with Crippen molar-refractivity contribution in [3.63, 3.8) is 0 Å². The van der Waals surface area contributed by atoms with Gasteiger partial charge in [0.2, 0.25) is 10.0 Å². The monoisotopic (exact) mass is 315 g/mol. The number of benzene rings is 1. The third-order valence-electron chi connectivity index (χ3n) is 3.88. The summed E-state index contributed by atoms with van der Waals surface area (Å²) in [5, 5.41) is 9.63. The zero-order valence-corrected chi connectivity index (χ0v) is 12.7. The normalized spacial score (nSPS) is 19.6. The van der Waals surface area contributed by atoms with Gasteiger partial charge in [0.1, 0.15) is 0 Å². The molecule has 0 unspecified atom stereocenters. The van der Waals surface area contributed by atoms with Crippen molar-refractivity contribution in [2.24, 2.45) is 5.92 Å². The smallest absolute Gasteiger partial charge is 0.243 e. The predicted molar refractivity (Wildman–Crippen MR) is 77.0 cm³/mol. The molecule has 0 amide bonds. The van der Waals surface area contributed by atoms with E-state index >= 15 is 0 Å². The third kappa shape index (κ3) is 2.86. The molecule has 0 aromatic heterocycles. The molecule has 3 rings (SSSR count). The first-order valence-corrected chi connectivity index (χ1v) is 8.75. The van der Waals surface area contributed by atoms with E-state index in [4.69, 9.17) is 11.6 Å². The first kappa shape index (κ1) is 14.3. The Bertz CT molecular complexity index is 609. The number of halogens is 1. The SMILES string of the molecule is O=S(=O)(c1ccc(Cl)c(CO)c1)N(CC1CC1)C1CC1. The minimum atomic E-state index is -3.48. The van der Waals surface area contributed by atoms with Crippen molar-refractivity contribution in [2.75, 3.05) is 6.54 Å². The molecule has 0 aliphatic heterocycles. The van der Waals surface area contributed by atoms with Gasteiger partial charge in [-0.15, -0.1) is 0 Å². The quantitative estimate of drug-likeness (QED) is 0.877. The lowest BCUT2D eigenvalue weighted by molar-refractivity contribution is 0.281. The van der Waals surface area contributed by atoms with Gasteiger partial charge in [0.05, 0.1) is 11.5 Å². The Morgan fingerprint density at radius 1 is 1.25 bits per heavy atom. The highest BCUT2D eigenvalue weighted by Gasteiger charge is 2.41. The summed E-state index contributed by atoms with van der Waals surface area (Å²) >= 11 is 5.93. The van der Waals surface area contributed by atoms with Crippen LogP contribution in [0.5, 0.6) is 0 Å². The Morgan fingerprint density at radius 3 is 2.50 bits per heavy atom. The van der Waals surface area contributed by atoms with Gasteiger partial charge in [-0.2, -0.15) is 4.31 Å². The molecule has 0 bridgehead atoms. The van der Waals surface area contributed by atoms with E-state index in [2.05, 4.69) is 0 Å². The lowest BCUT2D eigenvalue weighted by Gasteiger charge is -2.22. The van der Waals surface area contributed by atoms with E-state index < -0.39 is 10.0 Å². The fraction of sp³-hybridized carbons (Fsp3) is 0.571. The van der Waals surface area contributed by atoms with Crippen molar-refractivity contribution in [1.82, 2.24) is 4.31 Å². The molecule has 110 valence electrons. The molecular weight excluding hydrogens is 298 g/mol. The van der Waals surface area contributed by atoms with E-state index in [-0.39, 0.29) is 17.5 Å². The van der Waals surface area contributed by atoms with Crippen LogP contribution in [0.1, 0.15) is 31.2 Å². The van der Waals surface area contributed by atoms with Crippen molar-refractivity contribution >= 4 is 21.6 Å². The Hall–Kier alpha value is -0.620. The summed E-state index contributed by atoms with van der Waals surface area (Å²) in [4.78, 5) is 0.235. The largest absolute Gasteiger partial charge is 0.392 e. The number of aliphatic hydroxyl groups is 1. The van der Waals surface area contributed by atoms with Crippen molar-refractivity contribution in [3.8, 4) is 0 Å². The Kier molecular flexibility index (Phi) is 3.79. The molecule has 2 aliphatic carbocycles. The highest BCUT2D eigenvalue weighted by atomic mass is 35.5. The fourth-order valence-corrected chi connectivity index (χ4v) is 4.32. The number of aliphatic hydroxyl groups excluding tert-OH is 1. The minimum absolute atomic E-state index is 0.161. The topological polar surface area (TPSA) is 57.6 Å². The zero-order chi connectivity index (χ0) is 14.3. The lowest BCUT2D eigenvalue weighted by Crippen LogP contribution is -2.35. The summed E-state index contributed by atoms with van der Waals surface area (Å²) < 4.78 is 27.2. The summed E-state index contributed by atoms with van der Waals surface area (Å²) in [5.41, 5.74) is 0.454. The third-order valence-corrected chi connectivity index (χ3v) is 6.17. The minimum Gasteiger partial charge on any atom is -0.392 e. The molecule has 0 atom stereocenters. The van der Waals surface area contributed by atoms with Crippen LogP contribution < -0.4 is 0 Å². The molecule has 6 heteroatoms. The highest BCUT2D eigenvalue weighted by molar-refractivity contribution is 7.89. The van der Waals surface area contributed by atoms with Crippen LogP contribution >= 0.6 is 11.6 Å². The maximum atomic E-state index is 12.8. The van der Waals surface area contributed by atoms with E-state index in [0.29, 0.717) is 23.0 Å². The molecule has 0 spiro atoms. The molecule has 4 nitrogen and oxygen atoms in total. The fourth-order valence-electron chi connectivity index (χ4n) is 2.33. The van der Waals surface area contributed by atoms with Gasteiger partial charge >= 0.3 is 0 Å². The van der Waals surface area contributed by atoms with Crippen LogP contribution in [0, 0.1) is 5.92 Å². The second kappa shape index (κ2) is 5.30. The lowest BCUT2D eigenvalue weighted by atomic mass is 10.2. The molecule has 20 heavy (non-hydrogen) atoms. The Balaban J connectivity index is 1.92. The molecule has 2 fully saturated rings. The maximum Gasteiger partial charge on any atom is 0.243 e. The molecule has 2 aliphatic rings. The van der Waals surface area contributed by atoms with Gasteiger partial charge in [-0.1, -0.05) is 11.6 Å². The van der Waals surface area contributed by atoms with Crippen molar-refractivity contribution < 1.29 is 13.5 Å². The van der Waals surface area contributed by atoms with Gasteiger partial charge in [-0.05, 0) is 55.4 Å². The van der Waals surface area contributed by atoms with E-state index in [1.807, 2.05) is 0 Å². The standard InChI is InChI=1S/C14H18ClNO3S/c15-14-6-5-13(7-11(14)9-17)20(18,19)16(12-3-4-12)8-10-1-2-10/h5-7,10,12,17H,1-4,8-9H2. The summed E-state index contributed by atoms with van der Waals surface area (Å²) in [7, 11) is -3.48. The zero-order valence-electron chi connectivity index (χ0n) is 11.1. The van der Waals surface area contributed by atoms with Crippen LogP contribution in [0.3, 0.4) is 0 Å². The summed E-state index contributed by atoms with van der Waals surface area (Å²) in [6.07, 6.45) is 4.15. The van der Waals surface area contributed by atoms with Crippen LogP contribution in [0.25, 0.3) is 0 Å². The number of rotatable bonds is 6. The molecule has 1 N–H and O–H groups in total. The maximum absolute atomic E-state index is 12.8. The van der Waals surface area contributed by atoms with E-state index in [9.17, 15) is 13.5 Å². The van der Waals surface area contributed by atoms with Gasteiger partial charge in [0.25, 0.3) is 0 Å². The second-order valence-electron chi connectivity index (χ2n) is 5.66. The van der Waals surface area contributed by atoms with Crippen LogP contribution in [-0.2, 0) is 16.6 Å². The first-order chi connectivity index (χ1) is 9.52. The summed E-state index contributed by atoms with van der Waals surface area (Å²) in [5.74, 6) is 0.523. The summed E-state index contributed by atoms with van der Waals surface area (Å²) in [6, 6.07) is 4.72. The van der Waals surface area contributed by atoms with Crippen molar-refractivity contribution in [1.29, 1.82) is 0 Å². The molecule has 1 aromatic carbocycles. The van der Waals surface area contributed by atoms with Gasteiger partial charge in [-0.25, -0.2) is 8.42 Å². The number of nitrogens with zero attached hydrogens (tertiary/aromatic N) is 1. The Labute approximate surface area is 124 Å². The molecule has 1 aromatic rings. The van der Waals surface area contributed by atoms with Crippen LogP contribution in [-0.4, -0.2) is 30.4 Å². The van der Waals surface area contributed by atoms with Crippen LogP contribution in [0.4, 0.5) is 0 Å². The molecule has 0 heterocycles. The molecule has 2 saturated carbocycles.